The lowest BCUT2D eigenvalue weighted by molar-refractivity contribution is -0.117. The van der Waals surface area contributed by atoms with Gasteiger partial charge in [0.1, 0.15) is 5.75 Å². The predicted molar refractivity (Wildman–Crippen MR) is 83.5 cm³/mol. The Morgan fingerprint density at radius 2 is 2.00 bits per heavy atom. The van der Waals surface area contributed by atoms with Gasteiger partial charge in [-0.15, -0.1) is 0 Å². The lowest BCUT2D eigenvalue weighted by Gasteiger charge is -2.25. The second kappa shape index (κ2) is 6.98. The molecule has 0 fully saturated rings. The molecule has 0 saturated heterocycles. The van der Waals surface area contributed by atoms with Gasteiger partial charge in [-0.05, 0) is 38.0 Å². The lowest BCUT2D eigenvalue weighted by Crippen LogP contribution is -2.50. The summed E-state index contributed by atoms with van der Waals surface area (Å²) in [5.74, 6) is 0.650. The molecule has 22 heavy (non-hydrogen) atoms. The van der Waals surface area contributed by atoms with Crippen molar-refractivity contribution >= 4 is 11.9 Å². The van der Waals surface area contributed by atoms with Crippen LogP contribution in [0.15, 0.2) is 35.5 Å². The van der Waals surface area contributed by atoms with Gasteiger partial charge in [0, 0.05) is 12.2 Å². The number of methoxy groups -OCH3 is 1. The van der Waals surface area contributed by atoms with Crippen LogP contribution >= 0.6 is 0 Å². The SMILES string of the molecule is COc1ccc(CCNC(=O)C2=C(C)NC(=O)N[C@H]2C)cc1. The number of rotatable bonds is 5. The lowest BCUT2D eigenvalue weighted by atomic mass is 10.0. The molecule has 2 rings (SSSR count). The van der Waals surface area contributed by atoms with E-state index in [0.717, 1.165) is 17.7 Å². The molecule has 3 amide bonds. The fraction of sp³-hybridized carbons (Fsp3) is 0.375. The molecule has 0 unspecified atom stereocenters. The van der Waals surface area contributed by atoms with Gasteiger partial charge in [-0.25, -0.2) is 4.79 Å². The number of carbonyl (C=O) groups is 2. The van der Waals surface area contributed by atoms with Crippen LogP contribution in [0.5, 0.6) is 5.75 Å². The number of nitrogens with one attached hydrogen (secondary N) is 3. The van der Waals surface area contributed by atoms with Crippen LogP contribution in [0.2, 0.25) is 0 Å². The Labute approximate surface area is 129 Å². The smallest absolute Gasteiger partial charge is 0.319 e. The summed E-state index contributed by atoms with van der Waals surface area (Å²) in [6, 6.07) is 7.16. The van der Waals surface area contributed by atoms with E-state index >= 15 is 0 Å². The second-order valence-electron chi connectivity index (χ2n) is 5.21. The molecule has 1 aliphatic rings. The number of benzene rings is 1. The minimum Gasteiger partial charge on any atom is -0.497 e. The van der Waals surface area contributed by atoms with Crippen LogP contribution in [0.3, 0.4) is 0 Å². The number of carbonyl (C=O) groups excluding carboxylic acids is 2. The molecule has 1 aromatic rings. The van der Waals surface area contributed by atoms with Gasteiger partial charge in [0.2, 0.25) is 0 Å². The van der Waals surface area contributed by atoms with E-state index in [1.165, 1.54) is 0 Å². The van der Waals surface area contributed by atoms with Crippen LogP contribution in [0.4, 0.5) is 4.79 Å². The van der Waals surface area contributed by atoms with Crippen LogP contribution in [0.1, 0.15) is 19.4 Å². The van der Waals surface area contributed by atoms with Crippen molar-refractivity contribution in [3.63, 3.8) is 0 Å². The van der Waals surface area contributed by atoms with Crippen molar-refractivity contribution in [1.29, 1.82) is 0 Å². The quantitative estimate of drug-likeness (QED) is 0.768. The molecule has 0 bridgehead atoms. The maximum atomic E-state index is 12.2. The minimum absolute atomic E-state index is 0.161. The molecule has 0 saturated carbocycles. The molecule has 0 radical (unpaired) electrons. The van der Waals surface area contributed by atoms with Crippen molar-refractivity contribution in [2.24, 2.45) is 0 Å². The van der Waals surface area contributed by atoms with E-state index in [0.29, 0.717) is 17.8 Å². The third-order valence-electron chi connectivity index (χ3n) is 3.59. The van der Waals surface area contributed by atoms with Gasteiger partial charge in [-0.3, -0.25) is 4.79 Å². The molecular formula is C16H21N3O3. The highest BCUT2D eigenvalue weighted by Crippen LogP contribution is 2.13. The van der Waals surface area contributed by atoms with E-state index < -0.39 is 0 Å². The fourth-order valence-corrected chi connectivity index (χ4v) is 2.44. The monoisotopic (exact) mass is 303 g/mol. The van der Waals surface area contributed by atoms with Gasteiger partial charge in [-0.2, -0.15) is 0 Å². The Morgan fingerprint density at radius 1 is 1.32 bits per heavy atom. The summed E-state index contributed by atoms with van der Waals surface area (Å²) in [7, 11) is 1.63. The van der Waals surface area contributed by atoms with Crippen molar-refractivity contribution in [3.8, 4) is 5.75 Å². The first-order valence-electron chi connectivity index (χ1n) is 7.20. The van der Waals surface area contributed by atoms with Gasteiger partial charge in [0.05, 0.1) is 18.7 Å². The molecule has 1 heterocycles. The summed E-state index contributed by atoms with van der Waals surface area (Å²) in [4.78, 5) is 23.5. The summed E-state index contributed by atoms with van der Waals surface area (Å²) in [5, 5.41) is 8.18. The normalized spacial score (nSPS) is 17.6. The fourth-order valence-electron chi connectivity index (χ4n) is 2.44. The average molecular weight is 303 g/mol. The molecule has 118 valence electrons. The van der Waals surface area contributed by atoms with E-state index in [4.69, 9.17) is 4.74 Å². The zero-order chi connectivity index (χ0) is 16.1. The number of amides is 3. The maximum Gasteiger partial charge on any atom is 0.319 e. The van der Waals surface area contributed by atoms with Crippen LogP contribution in [0.25, 0.3) is 0 Å². The van der Waals surface area contributed by atoms with Gasteiger partial charge in [-0.1, -0.05) is 12.1 Å². The highest BCUT2D eigenvalue weighted by Gasteiger charge is 2.26. The summed E-state index contributed by atoms with van der Waals surface area (Å²) in [5.41, 5.74) is 2.28. The number of urea groups is 1. The first-order valence-corrected chi connectivity index (χ1v) is 7.20. The summed E-state index contributed by atoms with van der Waals surface area (Å²) >= 11 is 0. The third-order valence-corrected chi connectivity index (χ3v) is 3.59. The number of allylic oxidation sites excluding steroid dienone is 1. The Morgan fingerprint density at radius 3 is 2.59 bits per heavy atom. The minimum atomic E-state index is -0.297. The third kappa shape index (κ3) is 3.78. The van der Waals surface area contributed by atoms with Gasteiger partial charge >= 0.3 is 6.03 Å². The van der Waals surface area contributed by atoms with Crippen LogP contribution < -0.4 is 20.7 Å². The molecule has 6 nitrogen and oxygen atoms in total. The zero-order valence-corrected chi connectivity index (χ0v) is 13.0. The van der Waals surface area contributed by atoms with E-state index in [1.807, 2.05) is 24.3 Å². The number of hydrogen-bond acceptors (Lipinski definition) is 3. The average Bonchev–Trinajstić information content (AvgIpc) is 2.47. The topological polar surface area (TPSA) is 79.5 Å². The van der Waals surface area contributed by atoms with Crippen molar-refractivity contribution in [3.05, 3.63) is 41.1 Å². The highest BCUT2D eigenvalue weighted by molar-refractivity contribution is 5.98. The van der Waals surface area contributed by atoms with E-state index in [1.54, 1.807) is 21.0 Å². The van der Waals surface area contributed by atoms with Gasteiger partial charge in [0.25, 0.3) is 5.91 Å². The molecule has 1 aromatic carbocycles. The largest absolute Gasteiger partial charge is 0.497 e. The van der Waals surface area contributed by atoms with Crippen LogP contribution in [0, 0.1) is 0 Å². The summed E-state index contributed by atoms with van der Waals surface area (Å²) in [6.45, 7) is 4.05. The first-order chi connectivity index (χ1) is 10.5. The second-order valence-corrected chi connectivity index (χ2v) is 5.21. The Kier molecular flexibility index (Phi) is 5.04. The number of ether oxygens (including phenoxy) is 1. The molecule has 0 aliphatic carbocycles. The standard InChI is InChI=1S/C16H21N3O3/c1-10-14(11(2)19-16(21)18-10)15(20)17-9-8-12-4-6-13(22-3)7-5-12/h4-7,10H,8-9H2,1-3H3,(H,17,20)(H2,18,19,21)/t10-/m0/s1. The van der Waals surface area contributed by atoms with E-state index in [-0.39, 0.29) is 18.0 Å². The predicted octanol–water partition coefficient (Wildman–Crippen LogP) is 1.33. The molecule has 1 atom stereocenters. The molecular weight excluding hydrogens is 282 g/mol. The van der Waals surface area contributed by atoms with Gasteiger partial charge in [0.15, 0.2) is 0 Å². The number of hydrogen-bond donors (Lipinski definition) is 3. The first kappa shape index (κ1) is 15.9. The molecule has 6 heteroatoms. The molecule has 1 aliphatic heterocycles. The van der Waals surface area contributed by atoms with E-state index in [9.17, 15) is 9.59 Å². The highest BCUT2D eigenvalue weighted by atomic mass is 16.5. The van der Waals surface area contributed by atoms with Gasteiger partial charge < -0.3 is 20.7 Å². The molecule has 0 aromatic heterocycles. The Hall–Kier alpha value is -2.50. The molecule has 3 N–H and O–H groups in total. The Balaban J connectivity index is 1.89. The van der Waals surface area contributed by atoms with Crippen molar-refractivity contribution in [2.75, 3.05) is 13.7 Å². The van der Waals surface area contributed by atoms with Crippen LogP contribution in [-0.2, 0) is 11.2 Å². The van der Waals surface area contributed by atoms with Crippen molar-refractivity contribution in [1.82, 2.24) is 16.0 Å². The van der Waals surface area contributed by atoms with Crippen molar-refractivity contribution in [2.45, 2.75) is 26.3 Å². The maximum absolute atomic E-state index is 12.2. The summed E-state index contributed by atoms with van der Waals surface area (Å²) < 4.78 is 5.11. The van der Waals surface area contributed by atoms with Crippen molar-refractivity contribution < 1.29 is 14.3 Å². The molecule has 0 spiro atoms. The Bertz CT molecular complexity index is 593. The van der Waals surface area contributed by atoms with Crippen LogP contribution in [-0.4, -0.2) is 31.6 Å². The zero-order valence-electron chi connectivity index (χ0n) is 13.0. The summed E-state index contributed by atoms with van der Waals surface area (Å²) in [6.07, 6.45) is 0.732. The van der Waals surface area contributed by atoms with E-state index in [2.05, 4.69) is 16.0 Å².